The SMILES string of the molecule is CCNC(C)(C#N)NCC. The van der Waals surface area contributed by atoms with Gasteiger partial charge < -0.3 is 0 Å². The highest BCUT2D eigenvalue weighted by Crippen LogP contribution is 1.93. The van der Waals surface area contributed by atoms with Crippen LogP contribution in [0.15, 0.2) is 0 Å². The van der Waals surface area contributed by atoms with E-state index in [0.29, 0.717) is 0 Å². The minimum Gasteiger partial charge on any atom is -0.288 e. The summed E-state index contributed by atoms with van der Waals surface area (Å²) in [7, 11) is 0. The molecule has 0 heterocycles. The Morgan fingerprint density at radius 2 is 1.70 bits per heavy atom. The molecule has 10 heavy (non-hydrogen) atoms. The van der Waals surface area contributed by atoms with Crippen LogP contribution in [-0.4, -0.2) is 18.8 Å². The van der Waals surface area contributed by atoms with Crippen LogP contribution in [0.25, 0.3) is 0 Å². The largest absolute Gasteiger partial charge is 0.288 e. The summed E-state index contributed by atoms with van der Waals surface area (Å²) in [5.41, 5.74) is -0.552. The Labute approximate surface area is 62.4 Å². The van der Waals surface area contributed by atoms with Crippen molar-refractivity contribution in [2.45, 2.75) is 26.4 Å². The first kappa shape index (κ1) is 9.41. The van der Waals surface area contributed by atoms with E-state index in [0.717, 1.165) is 13.1 Å². The molecule has 0 rings (SSSR count). The molecule has 0 aliphatic heterocycles. The summed E-state index contributed by atoms with van der Waals surface area (Å²) in [5, 5.41) is 14.7. The summed E-state index contributed by atoms with van der Waals surface area (Å²) < 4.78 is 0. The van der Waals surface area contributed by atoms with Crippen molar-refractivity contribution >= 4 is 0 Å². The fraction of sp³-hybridized carbons (Fsp3) is 0.857. The Morgan fingerprint density at radius 1 is 1.30 bits per heavy atom. The van der Waals surface area contributed by atoms with Crippen LogP contribution in [0, 0.1) is 11.3 Å². The molecule has 0 aromatic carbocycles. The second kappa shape index (κ2) is 4.26. The third-order valence-electron chi connectivity index (χ3n) is 1.28. The maximum atomic E-state index is 8.67. The molecule has 0 aromatic rings. The van der Waals surface area contributed by atoms with E-state index in [1.807, 2.05) is 20.8 Å². The maximum absolute atomic E-state index is 8.67. The number of rotatable bonds is 4. The maximum Gasteiger partial charge on any atom is 0.156 e. The van der Waals surface area contributed by atoms with Gasteiger partial charge in [0.05, 0.1) is 0 Å². The molecule has 0 saturated heterocycles. The van der Waals surface area contributed by atoms with E-state index in [2.05, 4.69) is 16.7 Å². The van der Waals surface area contributed by atoms with Gasteiger partial charge in [0.2, 0.25) is 0 Å². The van der Waals surface area contributed by atoms with E-state index >= 15 is 0 Å². The third-order valence-corrected chi connectivity index (χ3v) is 1.28. The Kier molecular flexibility index (Phi) is 4.01. The van der Waals surface area contributed by atoms with Crippen LogP contribution >= 0.6 is 0 Å². The van der Waals surface area contributed by atoms with Crippen LogP contribution in [0.3, 0.4) is 0 Å². The Hall–Kier alpha value is -0.590. The van der Waals surface area contributed by atoms with Gasteiger partial charge in [-0.05, 0) is 20.0 Å². The number of hydrogen-bond donors (Lipinski definition) is 2. The molecule has 0 bridgehead atoms. The highest BCUT2D eigenvalue weighted by atomic mass is 15.2. The Bertz CT molecular complexity index is 119. The van der Waals surface area contributed by atoms with Crippen molar-refractivity contribution < 1.29 is 0 Å². The lowest BCUT2D eigenvalue weighted by Crippen LogP contribution is -2.53. The first-order chi connectivity index (χ1) is 4.68. The summed E-state index contributed by atoms with van der Waals surface area (Å²) in [6, 6.07) is 2.16. The summed E-state index contributed by atoms with van der Waals surface area (Å²) in [4.78, 5) is 0. The molecular weight excluding hydrogens is 126 g/mol. The van der Waals surface area contributed by atoms with Crippen molar-refractivity contribution in [2.75, 3.05) is 13.1 Å². The van der Waals surface area contributed by atoms with Gasteiger partial charge in [0.15, 0.2) is 5.66 Å². The Morgan fingerprint density at radius 3 is 1.90 bits per heavy atom. The first-order valence-corrected chi connectivity index (χ1v) is 3.59. The van der Waals surface area contributed by atoms with Crippen LogP contribution in [0.2, 0.25) is 0 Å². The van der Waals surface area contributed by atoms with Crippen LogP contribution in [0.1, 0.15) is 20.8 Å². The van der Waals surface area contributed by atoms with Gasteiger partial charge in [0.1, 0.15) is 6.07 Å². The topological polar surface area (TPSA) is 47.9 Å². The molecule has 0 aromatic heterocycles. The second-order valence-corrected chi connectivity index (χ2v) is 2.30. The van der Waals surface area contributed by atoms with Crippen LogP contribution in [0.4, 0.5) is 0 Å². The number of nitrogens with one attached hydrogen (secondary N) is 2. The van der Waals surface area contributed by atoms with E-state index in [4.69, 9.17) is 5.26 Å². The molecule has 0 atom stereocenters. The molecule has 0 fully saturated rings. The second-order valence-electron chi connectivity index (χ2n) is 2.30. The quantitative estimate of drug-likeness (QED) is 0.559. The molecule has 0 saturated carbocycles. The van der Waals surface area contributed by atoms with Crippen LogP contribution in [-0.2, 0) is 0 Å². The average Bonchev–Trinajstić information content (AvgIpc) is 1.89. The fourth-order valence-corrected chi connectivity index (χ4v) is 0.849. The van der Waals surface area contributed by atoms with Crippen molar-refractivity contribution in [3.05, 3.63) is 0 Å². The van der Waals surface area contributed by atoms with Crippen molar-refractivity contribution in [1.29, 1.82) is 5.26 Å². The standard InChI is InChI=1S/C7H15N3/c1-4-9-7(3,6-8)10-5-2/h9-10H,4-5H2,1-3H3. The summed E-state index contributed by atoms with van der Waals surface area (Å²) in [6.07, 6.45) is 0. The van der Waals surface area contributed by atoms with Crippen molar-refractivity contribution in [2.24, 2.45) is 0 Å². The molecule has 0 aliphatic rings. The van der Waals surface area contributed by atoms with Gasteiger partial charge in [-0.25, -0.2) is 0 Å². The molecule has 0 amide bonds. The minimum absolute atomic E-state index is 0.552. The molecule has 3 heteroatoms. The molecule has 2 N–H and O–H groups in total. The molecule has 0 spiro atoms. The lowest BCUT2D eigenvalue weighted by Gasteiger charge is -2.22. The highest BCUT2D eigenvalue weighted by molar-refractivity contribution is 5.00. The fourth-order valence-electron chi connectivity index (χ4n) is 0.849. The number of nitrogens with zero attached hydrogens (tertiary/aromatic N) is 1. The van der Waals surface area contributed by atoms with Crippen LogP contribution < -0.4 is 10.6 Å². The predicted molar refractivity (Wildman–Crippen MR) is 41.4 cm³/mol. The first-order valence-electron chi connectivity index (χ1n) is 3.59. The lowest BCUT2D eigenvalue weighted by atomic mass is 10.2. The van der Waals surface area contributed by atoms with Gasteiger partial charge in [0.25, 0.3) is 0 Å². The van der Waals surface area contributed by atoms with Gasteiger partial charge in [-0.2, -0.15) is 5.26 Å². The summed E-state index contributed by atoms with van der Waals surface area (Å²) in [6.45, 7) is 7.40. The minimum atomic E-state index is -0.552. The van der Waals surface area contributed by atoms with E-state index in [1.165, 1.54) is 0 Å². The highest BCUT2D eigenvalue weighted by Gasteiger charge is 2.19. The van der Waals surface area contributed by atoms with E-state index < -0.39 is 5.66 Å². The van der Waals surface area contributed by atoms with Gasteiger partial charge in [-0.3, -0.25) is 10.6 Å². The average molecular weight is 141 g/mol. The van der Waals surface area contributed by atoms with Gasteiger partial charge in [-0.1, -0.05) is 13.8 Å². The lowest BCUT2D eigenvalue weighted by molar-refractivity contribution is 0.380. The molecule has 3 nitrogen and oxygen atoms in total. The van der Waals surface area contributed by atoms with Gasteiger partial charge in [-0.15, -0.1) is 0 Å². The van der Waals surface area contributed by atoms with E-state index in [1.54, 1.807) is 0 Å². The predicted octanol–water partition coefficient (Wildman–Crippen LogP) is 0.445. The van der Waals surface area contributed by atoms with Crippen molar-refractivity contribution in [3.8, 4) is 6.07 Å². The smallest absolute Gasteiger partial charge is 0.156 e. The number of hydrogen-bond acceptors (Lipinski definition) is 3. The van der Waals surface area contributed by atoms with Gasteiger partial charge >= 0.3 is 0 Å². The summed E-state index contributed by atoms with van der Waals surface area (Å²) in [5.74, 6) is 0. The summed E-state index contributed by atoms with van der Waals surface area (Å²) >= 11 is 0. The normalized spacial score (nSPS) is 11.0. The zero-order chi connectivity index (χ0) is 8.04. The molecule has 58 valence electrons. The molecule has 0 radical (unpaired) electrons. The zero-order valence-electron chi connectivity index (χ0n) is 6.86. The zero-order valence-corrected chi connectivity index (χ0v) is 6.86. The molecular formula is C7H15N3. The van der Waals surface area contributed by atoms with E-state index in [9.17, 15) is 0 Å². The molecule has 0 unspecified atom stereocenters. The Balaban J connectivity index is 3.85. The van der Waals surface area contributed by atoms with Crippen molar-refractivity contribution in [3.63, 3.8) is 0 Å². The van der Waals surface area contributed by atoms with Gasteiger partial charge in [0, 0.05) is 0 Å². The monoisotopic (exact) mass is 141 g/mol. The number of nitriles is 1. The van der Waals surface area contributed by atoms with E-state index in [-0.39, 0.29) is 0 Å². The van der Waals surface area contributed by atoms with Crippen molar-refractivity contribution in [1.82, 2.24) is 10.6 Å². The van der Waals surface area contributed by atoms with Crippen LogP contribution in [0.5, 0.6) is 0 Å². The molecule has 0 aliphatic carbocycles. The third kappa shape index (κ3) is 2.81.